The van der Waals surface area contributed by atoms with Crippen LogP contribution in [0.3, 0.4) is 0 Å². The maximum Gasteiger partial charge on any atom is 0.148 e. The van der Waals surface area contributed by atoms with E-state index in [0.29, 0.717) is 12.0 Å². The fourth-order valence-electron chi connectivity index (χ4n) is 3.29. The summed E-state index contributed by atoms with van der Waals surface area (Å²) >= 11 is 0. The van der Waals surface area contributed by atoms with E-state index in [4.69, 9.17) is 10.8 Å². The summed E-state index contributed by atoms with van der Waals surface area (Å²) in [6, 6.07) is 0.554. The Kier molecular flexibility index (Phi) is 5.04. The fraction of sp³-hybridized carbons (Fsp3) is 0.750. The van der Waals surface area contributed by atoms with Crippen LogP contribution in [-0.4, -0.2) is 23.1 Å². The Morgan fingerprint density at radius 1 is 1.24 bits per heavy atom. The summed E-state index contributed by atoms with van der Waals surface area (Å²) in [7, 11) is 2.16. The summed E-state index contributed by atoms with van der Waals surface area (Å²) in [6.07, 6.45) is 5.20. The van der Waals surface area contributed by atoms with Crippen LogP contribution in [0.4, 0.5) is 11.6 Å². The van der Waals surface area contributed by atoms with Crippen LogP contribution >= 0.6 is 0 Å². The molecule has 0 bridgehead atoms. The molecule has 2 rings (SSSR count). The Hall–Kier alpha value is -1.36. The van der Waals surface area contributed by atoms with Gasteiger partial charge in [0.25, 0.3) is 0 Å². The quantitative estimate of drug-likeness (QED) is 0.658. The lowest BCUT2D eigenvalue weighted by Gasteiger charge is -2.38. The van der Waals surface area contributed by atoms with E-state index in [1.54, 1.807) is 0 Å². The van der Waals surface area contributed by atoms with Crippen LogP contribution in [0.25, 0.3) is 0 Å². The molecule has 5 nitrogen and oxygen atoms in total. The number of aromatic nitrogens is 2. The number of hydrogen-bond donors (Lipinski definition) is 2. The third kappa shape index (κ3) is 3.28. The first-order chi connectivity index (χ1) is 9.95. The van der Waals surface area contributed by atoms with Gasteiger partial charge >= 0.3 is 0 Å². The maximum atomic E-state index is 5.64. The van der Waals surface area contributed by atoms with Crippen LogP contribution in [0.15, 0.2) is 0 Å². The van der Waals surface area contributed by atoms with Crippen molar-refractivity contribution in [3.63, 3.8) is 0 Å². The van der Waals surface area contributed by atoms with Crippen LogP contribution in [-0.2, 0) is 0 Å². The maximum absolute atomic E-state index is 5.64. The second-order valence-electron chi connectivity index (χ2n) is 6.62. The molecule has 0 amide bonds. The van der Waals surface area contributed by atoms with E-state index in [2.05, 4.69) is 43.1 Å². The molecule has 0 radical (unpaired) electrons. The average molecular weight is 291 g/mol. The molecular weight excluding hydrogens is 262 g/mol. The minimum absolute atomic E-state index is 0.286. The predicted molar refractivity (Wildman–Crippen MR) is 88.5 cm³/mol. The van der Waals surface area contributed by atoms with Gasteiger partial charge in [-0.3, -0.25) is 0 Å². The van der Waals surface area contributed by atoms with E-state index in [0.717, 1.165) is 23.0 Å². The number of hydrogen-bond acceptors (Lipinski definition) is 5. The molecule has 1 aromatic rings. The van der Waals surface area contributed by atoms with Crippen molar-refractivity contribution in [1.82, 2.24) is 9.97 Å². The van der Waals surface area contributed by atoms with E-state index < -0.39 is 0 Å². The van der Waals surface area contributed by atoms with E-state index in [1.807, 2.05) is 6.92 Å². The molecule has 1 aromatic heterocycles. The van der Waals surface area contributed by atoms with Gasteiger partial charge in [-0.25, -0.2) is 15.8 Å². The molecule has 1 aliphatic carbocycles. The summed E-state index contributed by atoms with van der Waals surface area (Å²) in [5.74, 6) is 9.22. The van der Waals surface area contributed by atoms with Gasteiger partial charge in [0.1, 0.15) is 17.5 Å². The third-order valence-corrected chi connectivity index (χ3v) is 4.69. The van der Waals surface area contributed by atoms with Crippen molar-refractivity contribution in [1.29, 1.82) is 0 Å². The number of nitrogen functional groups attached to an aromatic ring is 1. The van der Waals surface area contributed by atoms with Crippen molar-refractivity contribution in [2.75, 3.05) is 17.4 Å². The van der Waals surface area contributed by atoms with Crippen LogP contribution in [0.1, 0.15) is 63.8 Å². The molecular formula is C16H29N5. The smallest absolute Gasteiger partial charge is 0.148 e. The molecule has 1 fully saturated rings. The number of hydrazine groups is 1. The van der Waals surface area contributed by atoms with Crippen molar-refractivity contribution in [3.8, 4) is 0 Å². The fourth-order valence-corrected chi connectivity index (χ4v) is 3.29. The molecule has 1 heterocycles. The highest BCUT2D eigenvalue weighted by Gasteiger charge is 2.27. The van der Waals surface area contributed by atoms with Gasteiger partial charge in [-0.1, -0.05) is 33.6 Å². The van der Waals surface area contributed by atoms with Crippen molar-refractivity contribution in [2.24, 2.45) is 11.8 Å². The zero-order chi connectivity index (χ0) is 15.6. The van der Waals surface area contributed by atoms with Crippen molar-refractivity contribution in [2.45, 2.75) is 65.3 Å². The minimum atomic E-state index is 0.286. The van der Waals surface area contributed by atoms with Gasteiger partial charge in [0.05, 0.1) is 0 Å². The highest BCUT2D eigenvalue weighted by molar-refractivity contribution is 5.58. The Bertz CT molecular complexity index is 486. The highest BCUT2D eigenvalue weighted by atomic mass is 15.3. The highest BCUT2D eigenvalue weighted by Crippen LogP contribution is 2.33. The van der Waals surface area contributed by atoms with Crippen molar-refractivity contribution >= 4 is 11.6 Å². The topological polar surface area (TPSA) is 67.1 Å². The molecule has 0 aliphatic heterocycles. The molecule has 0 aromatic carbocycles. The number of nitrogens with two attached hydrogens (primary N) is 1. The summed E-state index contributed by atoms with van der Waals surface area (Å²) in [6.45, 7) is 8.61. The third-order valence-electron chi connectivity index (χ3n) is 4.69. The lowest BCUT2D eigenvalue weighted by Crippen LogP contribution is -2.40. The van der Waals surface area contributed by atoms with Crippen molar-refractivity contribution < 1.29 is 0 Å². The van der Waals surface area contributed by atoms with Gasteiger partial charge in [-0.15, -0.1) is 0 Å². The van der Waals surface area contributed by atoms with Crippen molar-refractivity contribution in [3.05, 3.63) is 11.4 Å². The second kappa shape index (κ2) is 6.60. The van der Waals surface area contributed by atoms with E-state index in [1.165, 1.54) is 25.7 Å². The second-order valence-corrected chi connectivity index (χ2v) is 6.62. The Morgan fingerprint density at radius 2 is 1.90 bits per heavy atom. The first-order valence-electron chi connectivity index (χ1n) is 8.03. The molecule has 0 saturated heterocycles. The SMILES string of the molecule is Cc1c(NN)nc(C(C)C)nc1N(C)C1CCCCC1C. The van der Waals surface area contributed by atoms with Gasteiger partial charge in [0.2, 0.25) is 0 Å². The lowest BCUT2D eigenvalue weighted by atomic mass is 9.85. The lowest BCUT2D eigenvalue weighted by molar-refractivity contribution is 0.320. The standard InChI is InChI=1S/C16H29N5/c1-10(2)14-18-15(20-17)12(4)16(19-14)21(5)13-9-7-6-8-11(13)3/h10-11,13H,6-9,17H2,1-5H3,(H,18,19,20). The Labute approximate surface area is 128 Å². The molecule has 1 aliphatic rings. The Balaban J connectivity index is 2.38. The zero-order valence-electron chi connectivity index (χ0n) is 14.0. The van der Waals surface area contributed by atoms with Gasteiger partial charge in [0.15, 0.2) is 0 Å². The minimum Gasteiger partial charge on any atom is -0.356 e. The molecule has 2 unspecified atom stereocenters. The monoisotopic (exact) mass is 291 g/mol. The first-order valence-corrected chi connectivity index (χ1v) is 8.03. The molecule has 5 heteroatoms. The molecule has 21 heavy (non-hydrogen) atoms. The predicted octanol–water partition coefficient (Wildman–Crippen LogP) is 3.21. The van der Waals surface area contributed by atoms with Crippen LogP contribution in [0.2, 0.25) is 0 Å². The van der Waals surface area contributed by atoms with E-state index in [-0.39, 0.29) is 5.92 Å². The molecule has 118 valence electrons. The summed E-state index contributed by atoms with van der Waals surface area (Å²) in [5.41, 5.74) is 3.75. The largest absolute Gasteiger partial charge is 0.356 e. The normalized spacial score (nSPS) is 22.4. The molecule has 2 atom stereocenters. The number of anilines is 2. The average Bonchev–Trinajstić information content (AvgIpc) is 2.47. The van der Waals surface area contributed by atoms with Gasteiger partial charge in [-0.05, 0) is 25.7 Å². The van der Waals surface area contributed by atoms with Crippen LogP contribution in [0.5, 0.6) is 0 Å². The number of rotatable bonds is 4. The molecule has 0 spiro atoms. The van der Waals surface area contributed by atoms with E-state index >= 15 is 0 Å². The van der Waals surface area contributed by atoms with Gasteiger partial charge in [0, 0.05) is 24.6 Å². The Morgan fingerprint density at radius 3 is 2.48 bits per heavy atom. The molecule has 3 N–H and O–H groups in total. The number of nitrogens with zero attached hydrogens (tertiary/aromatic N) is 3. The summed E-state index contributed by atoms with van der Waals surface area (Å²) in [4.78, 5) is 11.7. The summed E-state index contributed by atoms with van der Waals surface area (Å²) in [5, 5.41) is 0. The molecule has 1 saturated carbocycles. The zero-order valence-corrected chi connectivity index (χ0v) is 14.0. The van der Waals surface area contributed by atoms with Crippen LogP contribution in [0, 0.1) is 12.8 Å². The van der Waals surface area contributed by atoms with Gasteiger partial charge < -0.3 is 10.3 Å². The van der Waals surface area contributed by atoms with Crippen LogP contribution < -0.4 is 16.2 Å². The summed E-state index contributed by atoms with van der Waals surface area (Å²) < 4.78 is 0. The first kappa shape index (κ1) is 16.0. The number of nitrogens with one attached hydrogen (secondary N) is 1. The van der Waals surface area contributed by atoms with E-state index in [9.17, 15) is 0 Å². The van der Waals surface area contributed by atoms with Gasteiger partial charge in [-0.2, -0.15) is 0 Å².